The fourth-order valence-electron chi connectivity index (χ4n) is 4.26. The molecule has 2 aliphatic rings. The normalized spacial score (nSPS) is 22.0. The number of hydrogen-bond acceptors (Lipinski definition) is 3. The van der Waals surface area contributed by atoms with E-state index in [1.165, 1.54) is 4.90 Å². The Morgan fingerprint density at radius 1 is 1.10 bits per heavy atom. The van der Waals surface area contributed by atoms with Crippen molar-refractivity contribution in [2.24, 2.45) is 0 Å². The SMILES string of the molecule is Cc1ccc(N2C(=O)Nc3ccccc3[C@]2(O)C(=O)NC2CCCCC2)cc1C. The van der Waals surface area contributed by atoms with E-state index in [1.807, 2.05) is 26.0 Å². The van der Waals surface area contributed by atoms with Gasteiger partial charge in [-0.05, 0) is 56.0 Å². The molecule has 0 aromatic heterocycles. The lowest BCUT2D eigenvalue weighted by atomic mass is 9.92. The summed E-state index contributed by atoms with van der Waals surface area (Å²) in [5, 5.41) is 17.6. The molecule has 3 N–H and O–H groups in total. The molecule has 1 aliphatic heterocycles. The van der Waals surface area contributed by atoms with Crippen molar-refractivity contribution in [2.75, 3.05) is 10.2 Å². The summed E-state index contributed by atoms with van der Waals surface area (Å²) < 4.78 is 0. The summed E-state index contributed by atoms with van der Waals surface area (Å²) in [6, 6.07) is 11.9. The number of aryl methyl sites for hydroxylation is 2. The Balaban J connectivity index is 1.80. The molecule has 3 amide bonds. The van der Waals surface area contributed by atoms with Gasteiger partial charge in [0.05, 0.1) is 5.69 Å². The van der Waals surface area contributed by atoms with Gasteiger partial charge >= 0.3 is 6.03 Å². The van der Waals surface area contributed by atoms with Crippen LogP contribution in [0, 0.1) is 13.8 Å². The fourth-order valence-corrected chi connectivity index (χ4v) is 4.26. The molecule has 152 valence electrons. The van der Waals surface area contributed by atoms with Gasteiger partial charge < -0.3 is 15.7 Å². The van der Waals surface area contributed by atoms with Gasteiger partial charge in [-0.3, -0.25) is 9.69 Å². The van der Waals surface area contributed by atoms with Crippen molar-refractivity contribution in [3.63, 3.8) is 0 Å². The minimum atomic E-state index is -2.13. The molecule has 1 saturated carbocycles. The van der Waals surface area contributed by atoms with Gasteiger partial charge in [-0.2, -0.15) is 0 Å². The highest BCUT2D eigenvalue weighted by Gasteiger charge is 2.52. The molecule has 0 unspecified atom stereocenters. The Labute approximate surface area is 170 Å². The summed E-state index contributed by atoms with van der Waals surface area (Å²) >= 11 is 0. The molecule has 0 bridgehead atoms. The quantitative estimate of drug-likeness (QED) is 0.738. The summed E-state index contributed by atoms with van der Waals surface area (Å²) in [5.74, 6) is -0.565. The average molecular weight is 393 g/mol. The summed E-state index contributed by atoms with van der Waals surface area (Å²) in [5.41, 5.74) is 1.20. The van der Waals surface area contributed by atoms with Gasteiger partial charge in [0.15, 0.2) is 0 Å². The third-order valence-corrected chi connectivity index (χ3v) is 6.08. The molecule has 29 heavy (non-hydrogen) atoms. The molecule has 1 atom stereocenters. The molecule has 0 saturated heterocycles. The predicted octanol–water partition coefficient (Wildman–Crippen LogP) is 3.95. The van der Waals surface area contributed by atoms with Crippen molar-refractivity contribution in [2.45, 2.75) is 57.7 Å². The number of nitrogens with one attached hydrogen (secondary N) is 2. The molecule has 1 heterocycles. The van der Waals surface area contributed by atoms with E-state index in [4.69, 9.17) is 0 Å². The smallest absolute Gasteiger partial charge is 0.329 e. The van der Waals surface area contributed by atoms with Crippen molar-refractivity contribution in [1.29, 1.82) is 0 Å². The first-order chi connectivity index (χ1) is 13.9. The first kappa shape index (κ1) is 19.5. The number of amides is 3. The van der Waals surface area contributed by atoms with Gasteiger partial charge in [0, 0.05) is 17.3 Å². The number of anilines is 2. The largest absolute Gasteiger partial charge is 0.359 e. The van der Waals surface area contributed by atoms with E-state index in [1.54, 1.807) is 30.3 Å². The number of carbonyl (C=O) groups is 2. The molecular weight excluding hydrogens is 366 g/mol. The molecule has 0 radical (unpaired) electrons. The van der Waals surface area contributed by atoms with Crippen LogP contribution in [0.2, 0.25) is 0 Å². The number of nitrogens with zero attached hydrogens (tertiary/aromatic N) is 1. The van der Waals surface area contributed by atoms with Crippen molar-refractivity contribution < 1.29 is 14.7 Å². The third kappa shape index (κ3) is 3.38. The van der Waals surface area contributed by atoms with Crippen LogP contribution < -0.4 is 15.5 Å². The molecule has 2 aromatic carbocycles. The van der Waals surface area contributed by atoms with Crippen LogP contribution >= 0.6 is 0 Å². The fraction of sp³-hybridized carbons (Fsp3) is 0.391. The van der Waals surface area contributed by atoms with Crippen LogP contribution in [0.1, 0.15) is 48.8 Å². The number of carbonyl (C=O) groups excluding carboxylic acids is 2. The number of para-hydroxylation sites is 1. The second-order valence-electron chi connectivity index (χ2n) is 8.06. The first-order valence-electron chi connectivity index (χ1n) is 10.2. The molecule has 6 heteroatoms. The molecule has 2 aromatic rings. The Morgan fingerprint density at radius 3 is 2.55 bits per heavy atom. The van der Waals surface area contributed by atoms with Gasteiger partial charge in [0.25, 0.3) is 11.6 Å². The number of aliphatic hydroxyl groups is 1. The molecule has 1 aliphatic carbocycles. The van der Waals surface area contributed by atoms with Gasteiger partial charge in [0.1, 0.15) is 0 Å². The Kier molecular flexibility index (Phi) is 5.04. The van der Waals surface area contributed by atoms with E-state index in [0.717, 1.165) is 43.2 Å². The summed E-state index contributed by atoms with van der Waals surface area (Å²) in [6.07, 6.45) is 5.05. The maximum absolute atomic E-state index is 13.4. The first-order valence-corrected chi connectivity index (χ1v) is 10.2. The van der Waals surface area contributed by atoms with Crippen LogP contribution in [-0.2, 0) is 10.5 Å². The highest BCUT2D eigenvalue weighted by atomic mass is 16.3. The predicted molar refractivity (Wildman–Crippen MR) is 113 cm³/mol. The van der Waals surface area contributed by atoms with E-state index in [2.05, 4.69) is 10.6 Å². The number of fused-ring (bicyclic) bond motifs is 1. The van der Waals surface area contributed by atoms with Gasteiger partial charge in [0.2, 0.25) is 0 Å². The van der Waals surface area contributed by atoms with Gasteiger partial charge in [-0.1, -0.05) is 43.5 Å². The summed E-state index contributed by atoms with van der Waals surface area (Å²) in [7, 11) is 0. The highest BCUT2D eigenvalue weighted by molar-refractivity contribution is 6.11. The molecule has 0 spiro atoms. The molecular formula is C23H27N3O3. The van der Waals surface area contributed by atoms with E-state index in [0.29, 0.717) is 16.9 Å². The van der Waals surface area contributed by atoms with Crippen molar-refractivity contribution in [3.05, 3.63) is 59.2 Å². The summed E-state index contributed by atoms with van der Waals surface area (Å²) in [6.45, 7) is 3.92. The standard InChI is InChI=1S/C23H27N3O3/c1-15-12-13-18(14-16(15)2)26-22(28)25-20-11-7-6-10-19(20)23(26,29)21(27)24-17-8-4-3-5-9-17/h6-7,10-14,17,29H,3-5,8-9H2,1-2H3,(H,24,27)(H,25,28)/t23-/m0/s1. The van der Waals surface area contributed by atoms with Crippen molar-refractivity contribution >= 4 is 23.3 Å². The molecule has 6 nitrogen and oxygen atoms in total. The topological polar surface area (TPSA) is 81.7 Å². The van der Waals surface area contributed by atoms with Crippen molar-refractivity contribution in [1.82, 2.24) is 5.32 Å². The van der Waals surface area contributed by atoms with Gasteiger partial charge in [-0.25, -0.2) is 4.79 Å². The maximum Gasteiger partial charge on any atom is 0.329 e. The lowest BCUT2D eigenvalue weighted by molar-refractivity contribution is -0.141. The molecule has 4 rings (SSSR count). The second-order valence-corrected chi connectivity index (χ2v) is 8.06. The zero-order chi connectivity index (χ0) is 20.6. The number of rotatable bonds is 3. The summed E-state index contributed by atoms with van der Waals surface area (Å²) in [4.78, 5) is 27.7. The number of benzene rings is 2. The Hall–Kier alpha value is -2.86. The van der Waals surface area contributed by atoms with E-state index < -0.39 is 17.7 Å². The van der Waals surface area contributed by atoms with Crippen LogP contribution in [-0.4, -0.2) is 23.1 Å². The lowest BCUT2D eigenvalue weighted by Gasteiger charge is -2.43. The highest BCUT2D eigenvalue weighted by Crippen LogP contribution is 2.40. The van der Waals surface area contributed by atoms with Crippen LogP contribution in [0.15, 0.2) is 42.5 Å². The van der Waals surface area contributed by atoms with E-state index in [-0.39, 0.29) is 6.04 Å². The maximum atomic E-state index is 13.4. The third-order valence-electron chi connectivity index (χ3n) is 6.08. The minimum Gasteiger partial charge on any atom is -0.359 e. The molecule has 1 fully saturated rings. The average Bonchev–Trinajstić information content (AvgIpc) is 2.71. The van der Waals surface area contributed by atoms with Gasteiger partial charge in [-0.15, -0.1) is 0 Å². The monoisotopic (exact) mass is 393 g/mol. The zero-order valence-electron chi connectivity index (χ0n) is 16.9. The Bertz CT molecular complexity index is 952. The van der Waals surface area contributed by atoms with Crippen LogP contribution in [0.5, 0.6) is 0 Å². The number of urea groups is 1. The second kappa shape index (κ2) is 7.52. The number of hydrogen-bond donors (Lipinski definition) is 3. The van der Waals surface area contributed by atoms with Crippen LogP contribution in [0.4, 0.5) is 16.2 Å². The van der Waals surface area contributed by atoms with E-state index >= 15 is 0 Å². The van der Waals surface area contributed by atoms with Crippen LogP contribution in [0.25, 0.3) is 0 Å². The van der Waals surface area contributed by atoms with E-state index in [9.17, 15) is 14.7 Å². The lowest BCUT2D eigenvalue weighted by Crippen LogP contribution is -2.63. The zero-order valence-corrected chi connectivity index (χ0v) is 16.9. The minimum absolute atomic E-state index is 0.0130. The Morgan fingerprint density at radius 2 is 1.83 bits per heavy atom. The van der Waals surface area contributed by atoms with Crippen LogP contribution in [0.3, 0.4) is 0 Å². The van der Waals surface area contributed by atoms with Crippen molar-refractivity contribution in [3.8, 4) is 0 Å².